The lowest BCUT2D eigenvalue weighted by atomic mass is 9.92. The Morgan fingerprint density at radius 2 is 2.25 bits per heavy atom. The van der Waals surface area contributed by atoms with Gasteiger partial charge in [-0.3, -0.25) is 4.98 Å². The minimum absolute atomic E-state index is 0.0471. The highest BCUT2D eigenvalue weighted by Crippen LogP contribution is 2.34. The van der Waals surface area contributed by atoms with E-state index in [1.165, 1.54) is 17.7 Å². The van der Waals surface area contributed by atoms with Gasteiger partial charge in [-0.15, -0.1) is 0 Å². The molecule has 0 fully saturated rings. The van der Waals surface area contributed by atoms with Gasteiger partial charge in [0.1, 0.15) is 5.82 Å². The van der Waals surface area contributed by atoms with Crippen LogP contribution in [0.1, 0.15) is 29.2 Å². The molecule has 0 saturated carbocycles. The third kappa shape index (κ3) is 2.56. The van der Waals surface area contributed by atoms with Crippen molar-refractivity contribution in [3.63, 3.8) is 0 Å². The van der Waals surface area contributed by atoms with E-state index in [1.54, 1.807) is 6.07 Å². The predicted octanol–water partition coefficient (Wildman–Crippen LogP) is 3.47. The van der Waals surface area contributed by atoms with Gasteiger partial charge in [-0.2, -0.15) is 0 Å². The second kappa shape index (κ2) is 5.51. The molecule has 1 aliphatic carbocycles. The highest BCUT2D eigenvalue weighted by atomic mass is 35.5. The van der Waals surface area contributed by atoms with Crippen molar-refractivity contribution in [2.75, 3.05) is 0 Å². The van der Waals surface area contributed by atoms with Crippen LogP contribution in [0.25, 0.3) is 0 Å². The molecule has 2 aromatic rings. The molecule has 4 heteroatoms. The number of nitrogens with zero attached hydrogens (tertiary/aromatic N) is 1. The molecule has 0 radical (unpaired) electrons. The number of fused-ring (bicyclic) bond motifs is 1. The molecule has 2 unspecified atom stereocenters. The zero-order chi connectivity index (χ0) is 14.1. The van der Waals surface area contributed by atoms with Crippen LogP contribution in [0.4, 0.5) is 4.39 Å². The largest absolute Gasteiger partial charge is 0.327 e. The van der Waals surface area contributed by atoms with Crippen LogP contribution in [-0.2, 0) is 12.8 Å². The lowest BCUT2D eigenvalue weighted by molar-refractivity contribution is 0.516. The van der Waals surface area contributed by atoms with Crippen molar-refractivity contribution in [2.45, 2.75) is 31.2 Å². The summed E-state index contributed by atoms with van der Waals surface area (Å²) >= 11 is 6.07. The fourth-order valence-electron chi connectivity index (χ4n) is 2.94. The van der Waals surface area contributed by atoms with E-state index in [1.807, 2.05) is 12.3 Å². The second-order valence-corrected chi connectivity index (χ2v) is 5.70. The van der Waals surface area contributed by atoms with Gasteiger partial charge in [-0.05, 0) is 48.6 Å². The number of benzene rings is 1. The summed E-state index contributed by atoms with van der Waals surface area (Å²) < 4.78 is 13.1. The fourth-order valence-corrected chi connectivity index (χ4v) is 3.19. The van der Waals surface area contributed by atoms with Crippen LogP contribution in [0.15, 0.2) is 36.5 Å². The quantitative estimate of drug-likeness (QED) is 0.940. The molecule has 2 nitrogen and oxygen atoms in total. The zero-order valence-electron chi connectivity index (χ0n) is 11.0. The van der Waals surface area contributed by atoms with E-state index in [0.717, 1.165) is 24.1 Å². The van der Waals surface area contributed by atoms with Crippen LogP contribution in [0.2, 0.25) is 5.02 Å². The summed E-state index contributed by atoms with van der Waals surface area (Å²) in [6.45, 7) is 0. The average Bonchev–Trinajstić information content (AvgIpc) is 2.86. The molecule has 0 amide bonds. The second-order valence-electron chi connectivity index (χ2n) is 5.30. The van der Waals surface area contributed by atoms with Crippen LogP contribution in [-0.4, -0.2) is 11.0 Å². The Morgan fingerprint density at radius 1 is 1.40 bits per heavy atom. The van der Waals surface area contributed by atoms with Gasteiger partial charge >= 0.3 is 0 Å². The monoisotopic (exact) mass is 290 g/mol. The standard InChI is InChI=1S/C16H16ClFN2/c17-14-9-12(18)5-3-11(14)8-15(19)13-6-4-10-2-1-7-20-16(10)13/h1-3,5,7,9,13,15H,4,6,8,19H2. The van der Waals surface area contributed by atoms with Gasteiger partial charge in [0.2, 0.25) is 0 Å². The van der Waals surface area contributed by atoms with Gasteiger partial charge < -0.3 is 5.73 Å². The molecule has 0 spiro atoms. The van der Waals surface area contributed by atoms with Crippen molar-refractivity contribution in [3.05, 3.63) is 64.2 Å². The van der Waals surface area contributed by atoms with Crippen LogP contribution in [0.5, 0.6) is 0 Å². The molecule has 2 atom stereocenters. The van der Waals surface area contributed by atoms with E-state index >= 15 is 0 Å². The Labute approximate surface area is 122 Å². The molecule has 0 bridgehead atoms. The average molecular weight is 291 g/mol. The van der Waals surface area contributed by atoms with Gasteiger partial charge in [-0.1, -0.05) is 23.7 Å². The molecule has 0 aliphatic heterocycles. The number of nitrogens with two attached hydrogens (primary N) is 1. The molecular weight excluding hydrogens is 275 g/mol. The predicted molar refractivity (Wildman–Crippen MR) is 78.4 cm³/mol. The number of aryl methyl sites for hydroxylation is 1. The van der Waals surface area contributed by atoms with E-state index in [-0.39, 0.29) is 17.8 Å². The minimum atomic E-state index is -0.319. The lowest BCUT2D eigenvalue weighted by Crippen LogP contribution is -2.30. The first-order chi connectivity index (χ1) is 9.65. The van der Waals surface area contributed by atoms with E-state index in [2.05, 4.69) is 11.1 Å². The van der Waals surface area contributed by atoms with Gasteiger partial charge in [0, 0.05) is 28.9 Å². The van der Waals surface area contributed by atoms with Crippen molar-refractivity contribution < 1.29 is 4.39 Å². The van der Waals surface area contributed by atoms with Crippen molar-refractivity contribution in [1.29, 1.82) is 0 Å². The molecule has 20 heavy (non-hydrogen) atoms. The molecule has 1 aliphatic rings. The van der Waals surface area contributed by atoms with Crippen molar-refractivity contribution in [1.82, 2.24) is 4.98 Å². The fraction of sp³-hybridized carbons (Fsp3) is 0.312. The first kappa shape index (κ1) is 13.5. The Balaban J connectivity index is 1.79. The Morgan fingerprint density at radius 3 is 3.05 bits per heavy atom. The first-order valence-electron chi connectivity index (χ1n) is 6.78. The van der Waals surface area contributed by atoms with Gasteiger partial charge in [0.15, 0.2) is 0 Å². The summed E-state index contributed by atoms with van der Waals surface area (Å²) in [7, 11) is 0. The van der Waals surface area contributed by atoms with Crippen molar-refractivity contribution in [2.24, 2.45) is 5.73 Å². The van der Waals surface area contributed by atoms with E-state index in [0.29, 0.717) is 11.4 Å². The topological polar surface area (TPSA) is 38.9 Å². The van der Waals surface area contributed by atoms with E-state index in [4.69, 9.17) is 17.3 Å². The number of halogens is 2. The minimum Gasteiger partial charge on any atom is -0.327 e. The van der Waals surface area contributed by atoms with Gasteiger partial charge in [0.05, 0.1) is 0 Å². The number of hydrogen-bond acceptors (Lipinski definition) is 2. The molecule has 0 saturated heterocycles. The molecule has 3 rings (SSSR count). The van der Waals surface area contributed by atoms with Crippen LogP contribution in [0, 0.1) is 5.82 Å². The maximum Gasteiger partial charge on any atom is 0.124 e. The summed E-state index contributed by atoms with van der Waals surface area (Å²) in [5.74, 6) is -0.0625. The highest BCUT2D eigenvalue weighted by molar-refractivity contribution is 6.31. The molecule has 1 heterocycles. The Bertz CT molecular complexity index is 630. The van der Waals surface area contributed by atoms with E-state index in [9.17, 15) is 4.39 Å². The van der Waals surface area contributed by atoms with Gasteiger partial charge in [0.25, 0.3) is 0 Å². The zero-order valence-corrected chi connectivity index (χ0v) is 11.8. The van der Waals surface area contributed by atoms with Crippen molar-refractivity contribution >= 4 is 11.6 Å². The highest BCUT2D eigenvalue weighted by Gasteiger charge is 2.29. The third-order valence-electron chi connectivity index (χ3n) is 3.99. The molecule has 104 valence electrons. The molecule has 1 aromatic carbocycles. The number of pyridine rings is 1. The summed E-state index contributed by atoms with van der Waals surface area (Å²) in [6, 6.07) is 8.50. The Kier molecular flexibility index (Phi) is 3.72. The molecule has 1 aromatic heterocycles. The molecule has 2 N–H and O–H groups in total. The summed E-state index contributed by atoms with van der Waals surface area (Å²) in [5, 5.41) is 0.444. The first-order valence-corrected chi connectivity index (χ1v) is 7.16. The van der Waals surface area contributed by atoms with Crippen molar-refractivity contribution in [3.8, 4) is 0 Å². The lowest BCUT2D eigenvalue weighted by Gasteiger charge is -2.20. The maximum atomic E-state index is 13.1. The third-order valence-corrected chi connectivity index (χ3v) is 4.34. The molecular formula is C16H16ClFN2. The normalized spacial score (nSPS) is 18.9. The summed E-state index contributed by atoms with van der Waals surface area (Å²) in [6.07, 6.45) is 4.50. The SMILES string of the molecule is NC(Cc1ccc(F)cc1Cl)C1CCc2cccnc21. The van der Waals surface area contributed by atoms with Crippen LogP contribution < -0.4 is 5.73 Å². The summed E-state index contributed by atoms with van der Waals surface area (Å²) in [5.41, 5.74) is 9.63. The smallest absolute Gasteiger partial charge is 0.124 e. The van der Waals surface area contributed by atoms with Crippen LogP contribution >= 0.6 is 11.6 Å². The van der Waals surface area contributed by atoms with Crippen LogP contribution in [0.3, 0.4) is 0 Å². The Hall–Kier alpha value is -1.45. The van der Waals surface area contributed by atoms with Gasteiger partial charge in [-0.25, -0.2) is 4.39 Å². The maximum absolute atomic E-state index is 13.1. The number of rotatable bonds is 3. The number of aromatic nitrogens is 1. The van der Waals surface area contributed by atoms with E-state index < -0.39 is 0 Å². The number of hydrogen-bond donors (Lipinski definition) is 1. The summed E-state index contributed by atoms with van der Waals surface area (Å²) in [4.78, 5) is 4.47.